The summed E-state index contributed by atoms with van der Waals surface area (Å²) in [4.78, 5) is 38.1. The van der Waals surface area contributed by atoms with Gasteiger partial charge in [0, 0.05) is 24.7 Å². The number of para-hydroxylation sites is 1. The van der Waals surface area contributed by atoms with E-state index in [0.29, 0.717) is 42.7 Å². The van der Waals surface area contributed by atoms with Gasteiger partial charge >= 0.3 is 12.2 Å². The summed E-state index contributed by atoms with van der Waals surface area (Å²) in [5.74, 6) is -1.02. The Morgan fingerprint density at radius 1 is 0.900 bits per heavy atom. The molecule has 1 aromatic heterocycles. The quantitative estimate of drug-likeness (QED) is 0.116. The van der Waals surface area contributed by atoms with Crippen molar-refractivity contribution in [1.82, 2.24) is 26.3 Å². The van der Waals surface area contributed by atoms with E-state index in [2.05, 4.69) is 31.6 Å². The second kappa shape index (κ2) is 16.5. The van der Waals surface area contributed by atoms with Crippen molar-refractivity contribution >= 4 is 34.8 Å². The lowest BCUT2D eigenvalue weighted by atomic mass is 9.84. The number of hydrogen-bond acceptors (Lipinski definition) is 9. The summed E-state index contributed by atoms with van der Waals surface area (Å²) in [5.41, 5.74) is 5.22. The number of aryl methyl sites for hydroxylation is 1. The third-order valence-corrected chi connectivity index (χ3v) is 8.56. The molecule has 13 nitrogen and oxygen atoms in total. The fourth-order valence-electron chi connectivity index (χ4n) is 6.02. The van der Waals surface area contributed by atoms with Crippen molar-refractivity contribution in [2.45, 2.75) is 43.5 Å². The number of carbonyl (C=O) groups excluding carboxylic acids is 2. The van der Waals surface area contributed by atoms with Crippen LogP contribution in [0, 0.1) is 0 Å². The highest BCUT2D eigenvalue weighted by Gasteiger charge is 2.33. The molecule has 1 aliphatic heterocycles. The van der Waals surface area contributed by atoms with E-state index in [1.54, 1.807) is 12.1 Å². The largest absolute Gasteiger partial charge is 0.465 e. The third-order valence-electron chi connectivity index (χ3n) is 8.56. The van der Waals surface area contributed by atoms with Crippen LogP contribution in [0.2, 0.25) is 0 Å². The number of benzene rings is 4. The van der Waals surface area contributed by atoms with Crippen LogP contribution in [0.15, 0.2) is 108 Å². The lowest BCUT2D eigenvalue weighted by Gasteiger charge is -2.30. The summed E-state index contributed by atoms with van der Waals surface area (Å²) < 4.78 is 16.2. The van der Waals surface area contributed by atoms with E-state index >= 15 is 0 Å². The molecule has 0 radical (unpaired) electrons. The van der Waals surface area contributed by atoms with Gasteiger partial charge in [-0.3, -0.25) is 4.79 Å². The minimum Gasteiger partial charge on any atom is -0.465 e. The van der Waals surface area contributed by atoms with Crippen molar-refractivity contribution in [3.63, 3.8) is 0 Å². The smallest absolute Gasteiger partial charge is 0.407 e. The summed E-state index contributed by atoms with van der Waals surface area (Å²) in [7, 11) is 0. The Morgan fingerprint density at radius 3 is 2.30 bits per heavy atom. The summed E-state index contributed by atoms with van der Waals surface area (Å²) >= 11 is 0. The summed E-state index contributed by atoms with van der Waals surface area (Å²) in [5, 5.41) is 28.9. The number of nitrogens with zero attached hydrogens (tertiary/aromatic N) is 2. The van der Waals surface area contributed by atoms with Gasteiger partial charge in [-0.1, -0.05) is 84.9 Å². The number of carbonyl (C=O) groups is 3. The minimum absolute atomic E-state index is 0.0910. The molecule has 1 fully saturated rings. The molecular formula is C37H38N6O7. The van der Waals surface area contributed by atoms with Gasteiger partial charge in [-0.25, -0.2) is 14.2 Å². The molecule has 258 valence electrons. The predicted molar refractivity (Wildman–Crippen MR) is 185 cm³/mol. The van der Waals surface area contributed by atoms with Gasteiger partial charge in [0.05, 0.1) is 18.8 Å². The molecule has 0 aliphatic carbocycles. The number of fused-ring (bicyclic) bond motifs is 1. The van der Waals surface area contributed by atoms with E-state index in [9.17, 15) is 19.5 Å². The first-order valence-electron chi connectivity index (χ1n) is 16.4. The Hall–Kier alpha value is -5.79. The molecular weight excluding hydrogens is 640 g/mol. The van der Waals surface area contributed by atoms with Crippen molar-refractivity contribution < 1.29 is 33.6 Å². The van der Waals surface area contributed by atoms with Gasteiger partial charge in [0.1, 0.15) is 23.7 Å². The zero-order chi connectivity index (χ0) is 34.7. The van der Waals surface area contributed by atoms with Crippen LogP contribution in [0.1, 0.15) is 34.6 Å². The molecule has 13 heteroatoms. The van der Waals surface area contributed by atoms with Gasteiger partial charge in [0.25, 0.3) is 0 Å². The molecule has 0 bridgehead atoms. The van der Waals surface area contributed by atoms with Gasteiger partial charge < -0.3 is 35.8 Å². The monoisotopic (exact) mass is 678 g/mol. The Kier molecular flexibility index (Phi) is 11.3. The molecule has 5 N–H and O–H groups in total. The number of aromatic nitrogens is 2. The Labute approximate surface area is 288 Å². The maximum absolute atomic E-state index is 13.9. The Balaban J connectivity index is 1.00. The third kappa shape index (κ3) is 9.01. The fraction of sp³-hybridized carbons (Fsp3) is 0.270. The molecule has 1 saturated heterocycles. The van der Waals surface area contributed by atoms with Crippen molar-refractivity contribution in [3.05, 3.63) is 125 Å². The zero-order valence-electron chi connectivity index (χ0n) is 27.2. The number of ether oxygens (including phenoxy) is 2. The molecule has 5 aromatic rings. The number of hydrogen-bond donors (Lipinski definition) is 5. The van der Waals surface area contributed by atoms with Crippen molar-refractivity contribution in [1.29, 1.82) is 0 Å². The van der Waals surface area contributed by atoms with Crippen molar-refractivity contribution in [2.75, 3.05) is 25.1 Å². The topological polar surface area (TPSA) is 177 Å². The Bertz CT molecular complexity index is 1840. The van der Waals surface area contributed by atoms with Crippen LogP contribution in [0.5, 0.6) is 0 Å². The van der Waals surface area contributed by atoms with Gasteiger partial charge in [-0.05, 0) is 63.6 Å². The minimum atomic E-state index is -1.29. The van der Waals surface area contributed by atoms with Crippen LogP contribution in [-0.4, -0.2) is 71.5 Å². The highest BCUT2D eigenvalue weighted by Crippen LogP contribution is 2.30. The molecule has 50 heavy (non-hydrogen) atoms. The highest BCUT2D eigenvalue weighted by molar-refractivity contribution is 5.98. The van der Waals surface area contributed by atoms with Crippen LogP contribution >= 0.6 is 0 Å². The van der Waals surface area contributed by atoms with Gasteiger partial charge in [0.2, 0.25) is 5.91 Å². The lowest BCUT2D eigenvalue weighted by molar-refractivity contribution is -0.118. The first-order chi connectivity index (χ1) is 24.4. The van der Waals surface area contributed by atoms with E-state index in [-0.39, 0.29) is 25.3 Å². The number of amides is 3. The predicted octanol–water partition coefficient (Wildman–Crippen LogP) is 4.85. The fourth-order valence-corrected chi connectivity index (χ4v) is 6.02. The van der Waals surface area contributed by atoms with Crippen LogP contribution < -0.4 is 21.3 Å². The number of anilines is 1. The number of morpholine rings is 1. The van der Waals surface area contributed by atoms with Crippen LogP contribution in [0.3, 0.4) is 0 Å². The van der Waals surface area contributed by atoms with E-state index in [0.717, 1.165) is 22.3 Å². The molecule has 4 aromatic carbocycles. The molecule has 6 rings (SSSR count). The molecule has 1 aliphatic rings. The molecule has 2 heterocycles. The summed E-state index contributed by atoms with van der Waals surface area (Å²) in [6, 6.07) is 30.4. The normalized spacial score (nSPS) is 16.4. The van der Waals surface area contributed by atoms with Crippen LogP contribution in [0.4, 0.5) is 15.3 Å². The lowest BCUT2D eigenvalue weighted by Crippen LogP contribution is -2.49. The van der Waals surface area contributed by atoms with Gasteiger partial charge in [0.15, 0.2) is 0 Å². The first kappa shape index (κ1) is 34.1. The first-order valence-corrected chi connectivity index (χ1v) is 16.4. The molecule has 0 saturated carbocycles. The SMILES string of the molecule is O=C(O)N[C@H](C(=O)Nc1ccccc1CC[C@@H]1CN[C@H](COC(=O)NCc2ccc3nonc3c2)CO1)C(c1ccccc1)c1ccccc1. The van der Waals surface area contributed by atoms with Crippen LogP contribution in [0.25, 0.3) is 11.0 Å². The summed E-state index contributed by atoms with van der Waals surface area (Å²) in [6.07, 6.45) is -0.633. The van der Waals surface area contributed by atoms with Gasteiger partial charge in [-0.15, -0.1) is 0 Å². The molecule has 3 amide bonds. The zero-order valence-corrected chi connectivity index (χ0v) is 27.2. The van der Waals surface area contributed by atoms with Crippen molar-refractivity contribution in [3.8, 4) is 0 Å². The van der Waals surface area contributed by atoms with E-state index in [1.165, 1.54) is 0 Å². The van der Waals surface area contributed by atoms with Crippen molar-refractivity contribution in [2.24, 2.45) is 0 Å². The van der Waals surface area contributed by atoms with E-state index in [4.69, 9.17) is 14.1 Å². The second-order valence-electron chi connectivity index (χ2n) is 12.0. The number of rotatable bonds is 13. The Morgan fingerprint density at radius 2 is 1.60 bits per heavy atom. The number of alkyl carbamates (subject to hydrolysis) is 1. The average Bonchev–Trinajstić information content (AvgIpc) is 3.62. The number of nitrogens with one attached hydrogen (secondary N) is 4. The highest BCUT2D eigenvalue weighted by atomic mass is 16.6. The average molecular weight is 679 g/mol. The number of carboxylic acid groups (broad SMARTS) is 1. The van der Waals surface area contributed by atoms with Gasteiger partial charge in [-0.2, -0.15) is 0 Å². The van der Waals surface area contributed by atoms with Crippen LogP contribution in [-0.2, 0) is 27.2 Å². The molecule has 0 unspecified atom stereocenters. The summed E-state index contributed by atoms with van der Waals surface area (Å²) in [6.45, 7) is 1.36. The van der Waals surface area contributed by atoms with E-state index in [1.807, 2.05) is 91.0 Å². The molecule has 0 spiro atoms. The van der Waals surface area contributed by atoms with E-state index < -0.39 is 30.1 Å². The maximum atomic E-state index is 13.9. The molecule has 3 atom stereocenters. The maximum Gasteiger partial charge on any atom is 0.407 e. The standard InChI is InChI=1S/C37H38N6O7/c44-35(34(41-36(45)46)33(26-10-3-1-4-11-26)27-12-5-2-6-13-27)40-30-14-8-7-9-25(30)16-17-29-21-38-28(22-48-29)23-49-37(47)39-20-24-15-18-31-32(19-24)43-50-42-31/h1-15,18-19,28-29,33-34,38,41H,16-17,20-23H2,(H,39,47)(H,40,44)(H,45,46)/t28-,29+,34-/m0/s1. The second-order valence-corrected chi connectivity index (χ2v) is 12.0.